The van der Waals surface area contributed by atoms with Crippen LogP contribution in [-0.2, 0) is 9.59 Å². The minimum atomic E-state index is -0.808. The molecule has 1 fully saturated rings. The highest BCUT2D eigenvalue weighted by Gasteiger charge is 2.28. The second kappa shape index (κ2) is 11.8. The summed E-state index contributed by atoms with van der Waals surface area (Å²) >= 11 is 15.3. The number of hydrogen-bond acceptors (Lipinski definition) is 4. The van der Waals surface area contributed by atoms with E-state index in [9.17, 15) is 19.2 Å². The smallest absolute Gasteiger partial charge is 0.313 e. The molecule has 37 heavy (non-hydrogen) atoms. The van der Waals surface area contributed by atoms with Gasteiger partial charge in [-0.3, -0.25) is 19.2 Å². The van der Waals surface area contributed by atoms with Crippen LogP contribution in [0.2, 0.25) is 10.0 Å². The lowest BCUT2D eigenvalue weighted by atomic mass is 10.1. The third-order valence-electron chi connectivity index (χ3n) is 5.64. The van der Waals surface area contributed by atoms with E-state index in [1.165, 1.54) is 17.0 Å². The van der Waals surface area contributed by atoms with Crippen molar-refractivity contribution in [1.29, 1.82) is 0 Å². The van der Waals surface area contributed by atoms with E-state index in [0.717, 1.165) is 4.47 Å². The number of rotatable bonds is 4. The first-order valence-electron chi connectivity index (χ1n) is 11.2. The second-order valence-electron chi connectivity index (χ2n) is 8.24. The third kappa shape index (κ3) is 6.88. The van der Waals surface area contributed by atoms with Crippen LogP contribution in [-0.4, -0.2) is 59.6 Å². The van der Waals surface area contributed by atoms with Gasteiger partial charge < -0.3 is 20.4 Å². The van der Waals surface area contributed by atoms with E-state index in [1.807, 2.05) is 0 Å². The van der Waals surface area contributed by atoms with Gasteiger partial charge in [-0.15, -0.1) is 0 Å². The second-order valence-corrected chi connectivity index (χ2v) is 10.0. The van der Waals surface area contributed by atoms with Crippen LogP contribution in [0.25, 0.3) is 0 Å². The minimum absolute atomic E-state index is 0.204. The number of halogens is 3. The Kier molecular flexibility index (Phi) is 8.48. The minimum Gasteiger partial charge on any atom is -0.335 e. The first-order chi connectivity index (χ1) is 17.7. The quantitative estimate of drug-likeness (QED) is 0.413. The maximum Gasteiger partial charge on any atom is 0.313 e. The van der Waals surface area contributed by atoms with Crippen molar-refractivity contribution in [3.05, 3.63) is 92.4 Å². The summed E-state index contributed by atoms with van der Waals surface area (Å²) in [6.07, 6.45) is 0. The Morgan fingerprint density at radius 3 is 1.89 bits per heavy atom. The molecule has 0 saturated carbocycles. The number of carbonyl (C=O) groups is 4. The van der Waals surface area contributed by atoms with Crippen molar-refractivity contribution >= 4 is 74.1 Å². The van der Waals surface area contributed by atoms with Crippen molar-refractivity contribution in [1.82, 2.24) is 9.80 Å². The van der Waals surface area contributed by atoms with Crippen LogP contribution in [0.15, 0.2) is 71.2 Å². The standard InChI is InChI=1S/C26H21BrCl2N4O4/c27-18-6-4-16(5-7-18)23(34)30-21-2-1-3-22(15-21)31-24(35)26(37)33-10-8-32(9-11-33)25(36)17-12-19(28)14-20(29)13-17/h1-7,12-15H,8-11H2,(H,30,34)(H,31,35). The van der Waals surface area contributed by atoms with Gasteiger partial charge in [-0.05, 0) is 60.7 Å². The van der Waals surface area contributed by atoms with Gasteiger partial charge in [0.15, 0.2) is 0 Å². The van der Waals surface area contributed by atoms with E-state index in [-0.39, 0.29) is 38.0 Å². The van der Waals surface area contributed by atoms with Crippen LogP contribution in [0.1, 0.15) is 20.7 Å². The summed E-state index contributed by atoms with van der Waals surface area (Å²) in [7, 11) is 0. The van der Waals surface area contributed by atoms with Gasteiger partial charge in [-0.1, -0.05) is 45.2 Å². The molecule has 190 valence electrons. The number of hydrogen-bond donors (Lipinski definition) is 2. The highest BCUT2D eigenvalue weighted by Crippen LogP contribution is 2.21. The zero-order valence-electron chi connectivity index (χ0n) is 19.3. The van der Waals surface area contributed by atoms with Gasteiger partial charge in [0.05, 0.1) is 0 Å². The molecular weight excluding hydrogens is 583 g/mol. The lowest BCUT2D eigenvalue weighted by molar-refractivity contribution is -0.144. The molecule has 0 spiro atoms. The number of nitrogens with zero attached hydrogens (tertiary/aromatic N) is 2. The molecule has 1 saturated heterocycles. The van der Waals surface area contributed by atoms with Crippen molar-refractivity contribution in [3.63, 3.8) is 0 Å². The molecule has 3 aromatic carbocycles. The van der Waals surface area contributed by atoms with Crippen molar-refractivity contribution in [2.24, 2.45) is 0 Å². The fraction of sp³-hybridized carbons (Fsp3) is 0.154. The monoisotopic (exact) mass is 602 g/mol. The Bertz CT molecular complexity index is 1340. The molecule has 11 heteroatoms. The number of carbonyl (C=O) groups excluding carboxylic acids is 4. The van der Waals surface area contributed by atoms with E-state index in [4.69, 9.17) is 23.2 Å². The molecule has 1 aliphatic rings. The summed E-state index contributed by atoms with van der Waals surface area (Å²) in [6.45, 7) is 0.935. The lowest BCUT2D eigenvalue weighted by Gasteiger charge is -2.34. The largest absolute Gasteiger partial charge is 0.335 e. The average molecular weight is 604 g/mol. The Morgan fingerprint density at radius 2 is 1.27 bits per heavy atom. The highest BCUT2D eigenvalue weighted by atomic mass is 79.9. The highest BCUT2D eigenvalue weighted by molar-refractivity contribution is 9.10. The molecule has 3 aromatic rings. The number of amides is 4. The van der Waals surface area contributed by atoms with E-state index in [1.54, 1.807) is 59.5 Å². The maximum atomic E-state index is 12.8. The van der Waals surface area contributed by atoms with Gasteiger partial charge >= 0.3 is 11.8 Å². The molecular formula is C26H21BrCl2N4O4. The number of nitrogens with one attached hydrogen (secondary N) is 2. The third-order valence-corrected chi connectivity index (χ3v) is 6.61. The SMILES string of the molecule is O=C(Nc1cccc(NC(=O)c2ccc(Br)cc2)c1)C(=O)N1CCN(C(=O)c2cc(Cl)cc(Cl)c2)CC1. The molecule has 0 radical (unpaired) electrons. The molecule has 4 amide bonds. The van der Waals surface area contributed by atoms with E-state index in [0.29, 0.717) is 32.5 Å². The lowest BCUT2D eigenvalue weighted by Crippen LogP contribution is -2.53. The molecule has 1 aliphatic heterocycles. The zero-order chi connectivity index (χ0) is 26.5. The van der Waals surface area contributed by atoms with Crippen molar-refractivity contribution in [3.8, 4) is 0 Å². The molecule has 8 nitrogen and oxygen atoms in total. The predicted octanol–water partition coefficient (Wildman–Crippen LogP) is 4.93. The summed E-state index contributed by atoms with van der Waals surface area (Å²) in [6, 6.07) is 18.0. The Hall–Kier alpha value is -3.40. The van der Waals surface area contributed by atoms with E-state index >= 15 is 0 Å². The molecule has 4 rings (SSSR count). The van der Waals surface area contributed by atoms with E-state index in [2.05, 4.69) is 26.6 Å². The predicted molar refractivity (Wildman–Crippen MR) is 146 cm³/mol. The van der Waals surface area contributed by atoms with Crippen molar-refractivity contribution in [2.45, 2.75) is 0 Å². The summed E-state index contributed by atoms with van der Waals surface area (Å²) < 4.78 is 0.859. The molecule has 0 atom stereocenters. The van der Waals surface area contributed by atoms with Gasteiger partial charge in [-0.25, -0.2) is 0 Å². The van der Waals surface area contributed by atoms with E-state index < -0.39 is 11.8 Å². The summed E-state index contributed by atoms with van der Waals surface area (Å²) in [5, 5.41) is 6.06. The molecule has 0 bridgehead atoms. The fourth-order valence-electron chi connectivity index (χ4n) is 3.78. The topological polar surface area (TPSA) is 98.8 Å². The zero-order valence-corrected chi connectivity index (χ0v) is 22.4. The molecule has 0 unspecified atom stereocenters. The number of anilines is 2. The van der Waals surface area contributed by atoms with Crippen LogP contribution in [0.5, 0.6) is 0 Å². The van der Waals surface area contributed by atoms with Gasteiger partial charge in [0.25, 0.3) is 11.8 Å². The Morgan fingerprint density at radius 1 is 0.703 bits per heavy atom. The van der Waals surface area contributed by atoms with Crippen LogP contribution in [0.3, 0.4) is 0 Å². The van der Waals surface area contributed by atoms with Gasteiger partial charge in [0, 0.05) is 63.2 Å². The van der Waals surface area contributed by atoms with Gasteiger partial charge in [0.1, 0.15) is 0 Å². The van der Waals surface area contributed by atoms with Crippen molar-refractivity contribution < 1.29 is 19.2 Å². The Balaban J connectivity index is 1.31. The first kappa shape index (κ1) is 26.7. The average Bonchev–Trinajstić information content (AvgIpc) is 2.88. The Labute approximate surface area is 231 Å². The molecule has 2 N–H and O–H groups in total. The maximum absolute atomic E-state index is 12.8. The first-order valence-corrected chi connectivity index (χ1v) is 12.8. The van der Waals surface area contributed by atoms with Gasteiger partial charge in [-0.2, -0.15) is 0 Å². The van der Waals surface area contributed by atoms with Crippen LogP contribution in [0.4, 0.5) is 11.4 Å². The summed E-state index contributed by atoms with van der Waals surface area (Å²) in [5.74, 6) is -2.07. The van der Waals surface area contributed by atoms with Crippen LogP contribution in [0, 0.1) is 0 Å². The molecule has 0 aromatic heterocycles. The summed E-state index contributed by atoms with van der Waals surface area (Å²) in [5.41, 5.74) is 1.66. The normalized spacial score (nSPS) is 13.2. The van der Waals surface area contributed by atoms with Crippen molar-refractivity contribution in [2.75, 3.05) is 36.8 Å². The molecule has 1 heterocycles. The summed E-state index contributed by atoms with van der Waals surface area (Å²) in [4.78, 5) is 53.5. The van der Waals surface area contributed by atoms with Crippen LogP contribution >= 0.6 is 39.1 Å². The number of piperazine rings is 1. The van der Waals surface area contributed by atoms with Gasteiger partial charge in [0.2, 0.25) is 0 Å². The van der Waals surface area contributed by atoms with Crippen LogP contribution < -0.4 is 10.6 Å². The molecule has 0 aliphatic carbocycles. The number of benzene rings is 3. The fourth-order valence-corrected chi connectivity index (χ4v) is 4.57.